The van der Waals surface area contributed by atoms with E-state index in [0.717, 1.165) is 5.57 Å². The van der Waals surface area contributed by atoms with Crippen molar-refractivity contribution in [2.75, 3.05) is 0 Å². The second-order valence-corrected chi connectivity index (χ2v) is 6.65. The molecule has 28 heavy (non-hydrogen) atoms. The van der Waals surface area contributed by atoms with Gasteiger partial charge in [0.05, 0.1) is 5.41 Å². The van der Waals surface area contributed by atoms with E-state index in [9.17, 15) is 0 Å². The van der Waals surface area contributed by atoms with Crippen LogP contribution in [0.15, 0.2) is 134 Å². The van der Waals surface area contributed by atoms with Crippen molar-refractivity contribution in [2.24, 2.45) is 0 Å². The number of rotatable bonds is 7. The van der Waals surface area contributed by atoms with Crippen molar-refractivity contribution in [1.29, 1.82) is 0 Å². The highest BCUT2D eigenvalue weighted by atomic mass is 14.5. The van der Waals surface area contributed by atoms with Crippen LogP contribution in [0.25, 0.3) is 5.57 Å². The molecule has 0 nitrogen and oxygen atoms in total. The molecule has 1 aliphatic carbocycles. The minimum atomic E-state index is -0.443. The Labute approximate surface area is 168 Å². The number of hydrogen-bond acceptors (Lipinski definition) is 0. The molecule has 0 fully saturated rings. The molecule has 0 bridgehead atoms. The Hall–Kier alpha value is -3.38. The van der Waals surface area contributed by atoms with E-state index >= 15 is 0 Å². The van der Waals surface area contributed by atoms with E-state index in [4.69, 9.17) is 0 Å². The van der Waals surface area contributed by atoms with Crippen molar-refractivity contribution in [2.45, 2.75) is 12.3 Å². The predicted octanol–water partition coefficient (Wildman–Crippen LogP) is 7.36. The van der Waals surface area contributed by atoms with Crippen LogP contribution in [0.3, 0.4) is 0 Å². The summed E-state index contributed by atoms with van der Waals surface area (Å²) in [5, 5.41) is 0. The molecule has 0 heterocycles. The third kappa shape index (κ3) is 2.97. The van der Waals surface area contributed by atoms with Crippen molar-refractivity contribution < 1.29 is 0 Å². The quantitative estimate of drug-likeness (QED) is 0.451. The van der Waals surface area contributed by atoms with Gasteiger partial charge < -0.3 is 0 Å². The first-order valence-corrected chi connectivity index (χ1v) is 9.53. The zero-order chi connectivity index (χ0) is 20.0. The first kappa shape index (κ1) is 19.4. The predicted molar refractivity (Wildman–Crippen MR) is 123 cm³/mol. The van der Waals surface area contributed by atoms with Gasteiger partial charge in [0.2, 0.25) is 0 Å². The Morgan fingerprint density at radius 2 is 1.61 bits per heavy atom. The van der Waals surface area contributed by atoms with Gasteiger partial charge in [-0.2, -0.15) is 0 Å². The Kier molecular flexibility index (Phi) is 5.91. The fourth-order valence-corrected chi connectivity index (χ4v) is 4.22. The lowest BCUT2D eigenvalue weighted by Gasteiger charge is -2.35. The highest BCUT2D eigenvalue weighted by Gasteiger charge is 2.46. The van der Waals surface area contributed by atoms with E-state index in [0.29, 0.717) is 0 Å². The molecular weight excluding hydrogens is 336 g/mol. The fourth-order valence-electron chi connectivity index (χ4n) is 4.22. The first-order chi connectivity index (χ1) is 13.7. The van der Waals surface area contributed by atoms with Gasteiger partial charge in [-0.25, -0.2) is 0 Å². The normalized spacial score (nSPS) is 19.2. The van der Waals surface area contributed by atoms with Gasteiger partial charge in [0.15, 0.2) is 0 Å². The highest BCUT2D eigenvalue weighted by Crippen LogP contribution is 2.55. The lowest BCUT2D eigenvalue weighted by Crippen LogP contribution is -2.29. The maximum atomic E-state index is 4.14. The fraction of sp³-hybridized carbons (Fsp3) is 0.0714. The van der Waals surface area contributed by atoms with Crippen LogP contribution in [-0.2, 0) is 5.41 Å². The van der Waals surface area contributed by atoms with Crippen LogP contribution < -0.4 is 0 Å². The molecule has 0 saturated heterocycles. The number of allylic oxidation sites excluding steroid dienone is 11. The van der Waals surface area contributed by atoms with E-state index in [-0.39, 0.29) is 0 Å². The topological polar surface area (TPSA) is 0 Å². The molecule has 0 N–H and O–H groups in total. The van der Waals surface area contributed by atoms with E-state index in [2.05, 4.69) is 106 Å². The summed E-state index contributed by atoms with van der Waals surface area (Å²) in [5.41, 5.74) is 6.78. The second kappa shape index (κ2) is 8.54. The molecular formula is C28H26. The third-order valence-electron chi connectivity index (χ3n) is 5.20. The van der Waals surface area contributed by atoms with Crippen LogP contribution in [-0.4, -0.2) is 0 Å². The largest absolute Gasteiger partial charge is 0.0991 e. The van der Waals surface area contributed by atoms with E-state index < -0.39 is 5.41 Å². The van der Waals surface area contributed by atoms with Crippen molar-refractivity contribution in [3.05, 3.63) is 151 Å². The summed E-state index contributed by atoms with van der Waals surface area (Å²) in [7, 11) is 0. The van der Waals surface area contributed by atoms with Crippen LogP contribution in [0.1, 0.15) is 23.6 Å². The number of benzene rings is 2. The third-order valence-corrected chi connectivity index (χ3v) is 5.20. The first-order valence-electron chi connectivity index (χ1n) is 9.53. The summed E-state index contributed by atoms with van der Waals surface area (Å²) in [4.78, 5) is 0. The van der Waals surface area contributed by atoms with Gasteiger partial charge in [0.25, 0.3) is 0 Å². The SMILES string of the molecule is C=C/C=C\C(=C/C=C)C1(c2ccccc2)C(/C=C\C)=C(C=C)c2ccccc21. The molecule has 1 aliphatic rings. The molecule has 0 amide bonds. The van der Waals surface area contributed by atoms with Crippen LogP contribution in [0.5, 0.6) is 0 Å². The number of fused-ring (bicyclic) bond motifs is 1. The minimum Gasteiger partial charge on any atom is -0.0991 e. The molecule has 2 aromatic rings. The van der Waals surface area contributed by atoms with Gasteiger partial charge in [0.1, 0.15) is 0 Å². The molecule has 138 valence electrons. The van der Waals surface area contributed by atoms with Crippen molar-refractivity contribution >= 4 is 5.57 Å². The second-order valence-electron chi connectivity index (χ2n) is 6.65. The zero-order valence-electron chi connectivity index (χ0n) is 16.4. The summed E-state index contributed by atoms with van der Waals surface area (Å²) in [6.07, 6.45) is 16.2. The Bertz CT molecular complexity index is 1010. The maximum Gasteiger partial charge on any atom is 0.0713 e. The molecule has 0 heteroatoms. The Morgan fingerprint density at radius 1 is 0.893 bits per heavy atom. The van der Waals surface area contributed by atoms with E-state index in [1.165, 1.54) is 27.8 Å². The molecule has 3 rings (SSSR count). The van der Waals surface area contributed by atoms with Crippen LogP contribution in [0, 0.1) is 0 Å². The molecule has 0 aliphatic heterocycles. The van der Waals surface area contributed by atoms with Crippen LogP contribution in [0.4, 0.5) is 0 Å². The standard InChI is InChI=1S/C28H26/c1-5-9-17-22(15-6-2)28(23-18-11-10-12-19-23)26(16-7-3)24(8-4)25-20-13-14-21-27(25)28/h5-21H,1-2,4H2,3H3/b16-7-,17-9-,22-15+. The van der Waals surface area contributed by atoms with Gasteiger partial charge in [0, 0.05) is 0 Å². The summed E-state index contributed by atoms with van der Waals surface area (Å²) < 4.78 is 0. The molecule has 0 saturated carbocycles. The van der Waals surface area contributed by atoms with Gasteiger partial charge in [-0.15, -0.1) is 0 Å². The molecule has 1 unspecified atom stereocenters. The summed E-state index contributed by atoms with van der Waals surface area (Å²) >= 11 is 0. The zero-order valence-corrected chi connectivity index (χ0v) is 16.4. The van der Waals surface area contributed by atoms with Gasteiger partial charge in [-0.1, -0.05) is 123 Å². The average molecular weight is 363 g/mol. The van der Waals surface area contributed by atoms with Gasteiger partial charge >= 0.3 is 0 Å². The lowest BCUT2D eigenvalue weighted by atomic mass is 9.66. The minimum absolute atomic E-state index is 0.443. The summed E-state index contributed by atoms with van der Waals surface area (Å²) in [6, 6.07) is 19.3. The molecule has 1 atom stereocenters. The monoisotopic (exact) mass is 362 g/mol. The average Bonchev–Trinajstić information content (AvgIpc) is 3.02. The molecule has 2 aromatic carbocycles. The molecule has 0 spiro atoms. The lowest BCUT2D eigenvalue weighted by molar-refractivity contribution is 0.760. The summed E-state index contributed by atoms with van der Waals surface area (Å²) in [6.45, 7) is 14.0. The van der Waals surface area contributed by atoms with Crippen LogP contribution >= 0.6 is 0 Å². The van der Waals surface area contributed by atoms with Crippen molar-refractivity contribution in [3.63, 3.8) is 0 Å². The maximum absolute atomic E-state index is 4.14. The molecule has 0 radical (unpaired) electrons. The summed E-state index contributed by atoms with van der Waals surface area (Å²) in [5.74, 6) is 0. The van der Waals surface area contributed by atoms with Crippen molar-refractivity contribution in [3.8, 4) is 0 Å². The number of hydrogen-bond donors (Lipinski definition) is 0. The highest BCUT2D eigenvalue weighted by molar-refractivity contribution is 5.91. The van der Waals surface area contributed by atoms with Crippen molar-refractivity contribution in [1.82, 2.24) is 0 Å². The Balaban J connectivity index is 2.55. The van der Waals surface area contributed by atoms with Gasteiger partial charge in [-0.3, -0.25) is 0 Å². The van der Waals surface area contributed by atoms with Gasteiger partial charge in [-0.05, 0) is 40.3 Å². The van der Waals surface area contributed by atoms with E-state index in [1.54, 1.807) is 0 Å². The van der Waals surface area contributed by atoms with E-state index in [1.807, 2.05) is 24.3 Å². The smallest absolute Gasteiger partial charge is 0.0713 e. The molecule has 0 aromatic heterocycles. The van der Waals surface area contributed by atoms with Crippen LogP contribution in [0.2, 0.25) is 0 Å². The Morgan fingerprint density at radius 3 is 2.25 bits per heavy atom.